The second-order valence-electron chi connectivity index (χ2n) is 6.87. The van der Waals surface area contributed by atoms with E-state index in [2.05, 4.69) is 19.1 Å². The summed E-state index contributed by atoms with van der Waals surface area (Å²) < 4.78 is 52.8. The molecule has 3 rings (SSSR count). The average Bonchev–Trinajstić information content (AvgIpc) is 2.65. The molecule has 0 unspecified atom stereocenters. The first-order valence-electron chi connectivity index (χ1n) is 9.29. The van der Waals surface area contributed by atoms with Crippen LogP contribution in [0, 0.1) is 5.82 Å². The van der Waals surface area contributed by atoms with Gasteiger partial charge in [0.1, 0.15) is 5.82 Å². The number of rotatable bonds is 6. The number of halogens is 4. The van der Waals surface area contributed by atoms with Crippen LogP contribution in [-0.2, 0) is 12.6 Å². The highest BCUT2D eigenvalue weighted by Crippen LogP contribution is 2.35. The molecule has 0 aliphatic heterocycles. The minimum Gasteiger partial charge on any atom is -0.206 e. The first kappa shape index (κ1) is 19.4. The van der Waals surface area contributed by atoms with Crippen molar-refractivity contribution in [1.82, 2.24) is 0 Å². The highest BCUT2D eigenvalue weighted by Gasteiger charge is 2.34. The summed E-state index contributed by atoms with van der Waals surface area (Å²) in [6.07, 6.45) is 1.22. The summed E-state index contributed by atoms with van der Waals surface area (Å²) in [6.45, 7) is 2.19. The molecule has 0 radical (unpaired) electrons. The highest BCUT2D eigenvalue weighted by molar-refractivity contribution is 5.88. The Bertz CT molecular complexity index is 908. The van der Waals surface area contributed by atoms with Gasteiger partial charge in [0.2, 0.25) is 0 Å². The molecule has 0 spiro atoms. The van der Waals surface area contributed by atoms with E-state index in [0.717, 1.165) is 23.6 Å². The van der Waals surface area contributed by atoms with Gasteiger partial charge in [-0.2, -0.15) is 13.2 Å². The molecule has 0 heterocycles. The van der Waals surface area contributed by atoms with Crippen molar-refractivity contribution in [2.24, 2.45) is 0 Å². The number of alkyl halides is 3. The smallest absolute Gasteiger partial charge is 0.206 e. The highest BCUT2D eigenvalue weighted by atomic mass is 19.4. The molecular weight excluding hydrogens is 352 g/mol. The van der Waals surface area contributed by atoms with Gasteiger partial charge >= 0.3 is 6.18 Å². The average molecular weight is 374 g/mol. The van der Waals surface area contributed by atoms with Gasteiger partial charge in [-0.05, 0) is 47.1 Å². The lowest BCUT2D eigenvalue weighted by molar-refractivity contribution is -0.139. The molecule has 4 heteroatoms. The van der Waals surface area contributed by atoms with Crippen molar-refractivity contribution in [1.29, 1.82) is 0 Å². The van der Waals surface area contributed by atoms with E-state index in [1.165, 1.54) is 43.4 Å². The summed E-state index contributed by atoms with van der Waals surface area (Å²) >= 11 is 0. The van der Waals surface area contributed by atoms with Crippen LogP contribution in [0.15, 0.2) is 54.6 Å². The molecular formula is C23H22F4. The molecule has 0 fully saturated rings. The van der Waals surface area contributed by atoms with Crippen molar-refractivity contribution in [2.45, 2.75) is 45.2 Å². The van der Waals surface area contributed by atoms with E-state index in [1.54, 1.807) is 12.1 Å². The molecule has 0 bridgehead atoms. The van der Waals surface area contributed by atoms with Crippen molar-refractivity contribution in [3.63, 3.8) is 0 Å². The van der Waals surface area contributed by atoms with Gasteiger partial charge in [0, 0.05) is 5.39 Å². The fourth-order valence-corrected chi connectivity index (χ4v) is 3.31. The van der Waals surface area contributed by atoms with Gasteiger partial charge in [-0.15, -0.1) is 0 Å². The molecule has 0 nitrogen and oxygen atoms in total. The van der Waals surface area contributed by atoms with Gasteiger partial charge in [0.05, 0.1) is 5.56 Å². The minimum atomic E-state index is -4.69. The Morgan fingerprint density at radius 3 is 2.15 bits per heavy atom. The van der Waals surface area contributed by atoms with E-state index in [1.807, 2.05) is 12.1 Å². The first-order valence-corrected chi connectivity index (χ1v) is 9.29. The topological polar surface area (TPSA) is 0 Å². The Labute approximate surface area is 156 Å². The predicted octanol–water partition coefficient (Wildman–Crippen LogP) is 7.79. The predicted molar refractivity (Wildman–Crippen MR) is 102 cm³/mol. The lowest BCUT2D eigenvalue weighted by atomic mass is 9.97. The van der Waals surface area contributed by atoms with Crippen LogP contribution in [0.2, 0.25) is 0 Å². The number of benzene rings is 3. The maximum absolute atomic E-state index is 14.2. The van der Waals surface area contributed by atoms with E-state index in [4.69, 9.17) is 0 Å². The van der Waals surface area contributed by atoms with E-state index >= 15 is 0 Å². The van der Waals surface area contributed by atoms with Crippen LogP contribution in [0.25, 0.3) is 21.9 Å². The molecule has 0 aliphatic carbocycles. The van der Waals surface area contributed by atoms with Gasteiger partial charge in [-0.1, -0.05) is 68.7 Å². The van der Waals surface area contributed by atoms with E-state index in [0.29, 0.717) is 5.39 Å². The summed E-state index contributed by atoms with van der Waals surface area (Å²) in [6, 6.07) is 15.1. The van der Waals surface area contributed by atoms with Crippen LogP contribution in [-0.4, -0.2) is 0 Å². The van der Waals surface area contributed by atoms with Crippen molar-refractivity contribution in [3.8, 4) is 11.1 Å². The molecule has 3 aromatic rings. The molecule has 142 valence electrons. The van der Waals surface area contributed by atoms with Gasteiger partial charge in [-0.3, -0.25) is 0 Å². The Kier molecular flexibility index (Phi) is 5.83. The fourth-order valence-electron chi connectivity index (χ4n) is 3.31. The van der Waals surface area contributed by atoms with Crippen molar-refractivity contribution < 1.29 is 17.6 Å². The molecule has 3 aromatic carbocycles. The molecule has 0 aliphatic rings. The summed E-state index contributed by atoms with van der Waals surface area (Å²) in [4.78, 5) is 0. The number of hydrogen-bond acceptors (Lipinski definition) is 0. The van der Waals surface area contributed by atoms with E-state index in [-0.39, 0.29) is 5.39 Å². The molecule has 0 saturated heterocycles. The summed E-state index contributed by atoms with van der Waals surface area (Å²) in [5.41, 5.74) is 1.88. The zero-order valence-corrected chi connectivity index (χ0v) is 15.2. The number of aryl methyl sites for hydroxylation is 1. The second-order valence-corrected chi connectivity index (χ2v) is 6.87. The molecule has 0 amide bonds. The number of fused-ring (bicyclic) bond motifs is 1. The minimum absolute atomic E-state index is 0.0129. The summed E-state index contributed by atoms with van der Waals surface area (Å²) in [7, 11) is 0. The molecule has 0 aromatic heterocycles. The third-order valence-corrected chi connectivity index (χ3v) is 4.87. The normalized spacial score (nSPS) is 11.9. The van der Waals surface area contributed by atoms with Crippen molar-refractivity contribution in [3.05, 3.63) is 71.5 Å². The Morgan fingerprint density at radius 1 is 0.778 bits per heavy atom. The lowest BCUT2D eigenvalue weighted by Crippen LogP contribution is -2.08. The van der Waals surface area contributed by atoms with Crippen LogP contribution in [0.1, 0.15) is 43.7 Å². The zero-order chi connectivity index (χ0) is 19.4. The van der Waals surface area contributed by atoms with Gasteiger partial charge < -0.3 is 0 Å². The van der Waals surface area contributed by atoms with Crippen LogP contribution in [0.4, 0.5) is 17.6 Å². The Hall–Kier alpha value is -2.36. The third-order valence-electron chi connectivity index (χ3n) is 4.87. The van der Waals surface area contributed by atoms with Gasteiger partial charge in [0.15, 0.2) is 0 Å². The monoisotopic (exact) mass is 374 g/mol. The molecule has 0 saturated carbocycles. The number of hydrogen-bond donors (Lipinski definition) is 0. The standard InChI is InChI=1S/C23H22F4/c1-2-3-4-5-6-16-7-9-17(10-8-16)18-11-13-20-19(15-18)12-14-21(22(20)24)23(25,26)27/h7-15H,2-6H2,1H3. The van der Waals surface area contributed by atoms with E-state index in [9.17, 15) is 17.6 Å². The lowest BCUT2D eigenvalue weighted by Gasteiger charge is -2.11. The number of unbranched alkanes of at least 4 members (excludes halogenated alkanes) is 3. The van der Waals surface area contributed by atoms with E-state index < -0.39 is 17.6 Å². The zero-order valence-electron chi connectivity index (χ0n) is 15.2. The van der Waals surface area contributed by atoms with Gasteiger partial charge in [0.25, 0.3) is 0 Å². The van der Waals surface area contributed by atoms with Crippen molar-refractivity contribution in [2.75, 3.05) is 0 Å². The Morgan fingerprint density at radius 2 is 1.48 bits per heavy atom. The maximum atomic E-state index is 14.2. The third kappa shape index (κ3) is 4.49. The second kappa shape index (κ2) is 8.12. The molecule has 0 N–H and O–H groups in total. The largest absolute Gasteiger partial charge is 0.419 e. The Balaban J connectivity index is 1.83. The van der Waals surface area contributed by atoms with Gasteiger partial charge in [-0.25, -0.2) is 4.39 Å². The fraction of sp³-hybridized carbons (Fsp3) is 0.304. The summed E-state index contributed by atoms with van der Waals surface area (Å²) in [5.74, 6) is -1.21. The quantitative estimate of drug-likeness (QED) is 0.305. The SMILES string of the molecule is CCCCCCc1ccc(-c2ccc3c(F)c(C(F)(F)F)ccc3c2)cc1. The maximum Gasteiger partial charge on any atom is 0.419 e. The molecule has 0 atom stereocenters. The van der Waals surface area contributed by atoms with Crippen molar-refractivity contribution >= 4 is 10.8 Å². The van der Waals surface area contributed by atoms with Crippen LogP contribution in [0.3, 0.4) is 0 Å². The summed E-state index contributed by atoms with van der Waals surface area (Å²) in [5, 5.41) is 0.447. The van der Waals surface area contributed by atoms with Crippen LogP contribution in [0.5, 0.6) is 0 Å². The first-order chi connectivity index (χ1) is 12.9. The molecule has 27 heavy (non-hydrogen) atoms. The van der Waals surface area contributed by atoms with Crippen LogP contribution >= 0.6 is 0 Å². The van der Waals surface area contributed by atoms with Crippen LogP contribution < -0.4 is 0 Å².